The average Bonchev–Trinajstić information content (AvgIpc) is 3.41. The van der Waals surface area contributed by atoms with Crippen LogP contribution < -0.4 is 5.32 Å². The van der Waals surface area contributed by atoms with Gasteiger partial charge in [0.2, 0.25) is 5.91 Å². The summed E-state index contributed by atoms with van der Waals surface area (Å²) >= 11 is 1.57. The van der Waals surface area contributed by atoms with Gasteiger partial charge in [-0.15, -0.1) is 11.3 Å². The molecule has 2 aromatic heterocycles. The van der Waals surface area contributed by atoms with Gasteiger partial charge < -0.3 is 14.8 Å². The molecule has 4 rings (SSSR count). The summed E-state index contributed by atoms with van der Waals surface area (Å²) in [5.74, 6) is 1.41. The third kappa shape index (κ3) is 4.49. The highest BCUT2D eigenvalue weighted by molar-refractivity contribution is 7.07. The van der Waals surface area contributed by atoms with Crippen LogP contribution in [0.4, 0.5) is 5.69 Å². The van der Waals surface area contributed by atoms with Crippen LogP contribution in [0.2, 0.25) is 0 Å². The van der Waals surface area contributed by atoms with Gasteiger partial charge in [0.05, 0.1) is 23.7 Å². The fourth-order valence-electron chi connectivity index (χ4n) is 3.55. The Hall–Kier alpha value is -2.48. The maximum absolute atomic E-state index is 12.7. The van der Waals surface area contributed by atoms with E-state index in [1.807, 2.05) is 41.2 Å². The molecule has 3 aromatic rings. The number of hydrogen-bond donors (Lipinski definition) is 2. The molecule has 1 aliphatic rings. The minimum Gasteiger partial charge on any atom is -0.462 e. The highest BCUT2D eigenvalue weighted by Crippen LogP contribution is 2.24. The Balaban J connectivity index is 1.33. The lowest BCUT2D eigenvalue weighted by atomic mass is 9.97. The van der Waals surface area contributed by atoms with Crippen molar-refractivity contribution in [1.82, 2.24) is 9.88 Å². The number of furan rings is 1. The Bertz CT molecular complexity index is 905. The van der Waals surface area contributed by atoms with Crippen molar-refractivity contribution in [3.8, 4) is 11.3 Å². The number of aliphatic hydroxyl groups is 1. The summed E-state index contributed by atoms with van der Waals surface area (Å²) in [4.78, 5) is 19.3. The van der Waals surface area contributed by atoms with Crippen LogP contribution in [0.3, 0.4) is 0 Å². The number of aliphatic hydroxyl groups excluding tert-OH is 1. The molecule has 1 aromatic carbocycles. The number of piperidine rings is 1. The molecule has 146 valence electrons. The molecule has 1 atom stereocenters. The number of nitrogens with zero attached hydrogens (tertiary/aromatic N) is 2. The van der Waals surface area contributed by atoms with E-state index in [0.29, 0.717) is 18.8 Å². The molecule has 0 aliphatic carbocycles. The van der Waals surface area contributed by atoms with Gasteiger partial charge >= 0.3 is 0 Å². The first-order valence-electron chi connectivity index (χ1n) is 9.41. The molecule has 1 saturated heterocycles. The fraction of sp³-hybridized carbons (Fsp3) is 0.333. The van der Waals surface area contributed by atoms with Crippen molar-refractivity contribution < 1.29 is 14.3 Å². The Labute approximate surface area is 167 Å². The van der Waals surface area contributed by atoms with E-state index >= 15 is 0 Å². The van der Waals surface area contributed by atoms with Crippen molar-refractivity contribution in [2.45, 2.75) is 26.0 Å². The first-order chi connectivity index (χ1) is 13.7. The third-order valence-corrected chi connectivity index (χ3v) is 5.60. The van der Waals surface area contributed by atoms with Crippen LogP contribution in [0.15, 0.2) is 51.7 Å². The van der Waals surface area contributed by atoms with Crippen LogP contribution in [0.25, 0.3) is 11.3 Å². The topological polar surface area (TPSA) is 78.6 Å². The van der Waals surface area contributed by atoms with E-state index < -0.39 is 0 Å². The molecule has 0 unspecified atom stereocenters. The van der Waals surface area contributed by atoms with Crippen LogP contribution in [-0.4, -0.2) is 34.0 Å². The number of likely N-dealkylation sites (tertiary alicyclic amines) is 1. The number of hydrogen-bond acceptors (Lipinski definition) is 6. The molecule has 7 heteroatoms. The Morgan fingerprint density at radius 1 is 1.25 bits per heavy atom. The van der Waals surface area contributed by atoms with Crippen molar-refractivity contribution in [2.24, 2.45) is 5.92 Å². The summed E-state index contributed by atoms with van der Waals surface area (Å²) in [7, 11) is 0. The monoisotopic (exact) mass is 397 g/mol. The molecular formula is C21H23N3O3S. The number of aromatic nitrogens is 1. The summed E-state index contributed by atoms with van der Waals surface area (Å²) in [6, 6.07) is 11.5. The number of thiazole rings is 1. The number of nitrogens with one attached hydrogen (secondary N) is 1. The highest BCUT2D eigenvalue weighted by atomic mass is 32.1. The van der Waals surface area contributed by atoms with E-state index in [2.05, 4.69) is 15.2 Å². The lowest BCUT2D eigenvalue weighted by Crippen LogP contribution is -2.40. The fourth-order valence-corrected chi connectivity index (χ4v) is 4.11. The van der Waals surface area contributed by atoms with Gasteiger partial charge in [-0.1, -0.05) is 12.1 Å². The summed E-state index contributed by atoms with van der Waals surface area (Å²) < 4.78 is 5.57. The number of anilines is 1. The molecule has 28 heavy (non-hydrogen) atoms. The lowest BCUT2D eigenvalue weighted by molar-refractivity contribution is -0.121. The minimum atomic E-state index is -0.0910. The van der Waals surface area contributed by atoms with E-state index in [4.69, 9.17) is 9.52 Å². The van der Waals surface area contributed by atoms with Gasteiger partial charge in [0.25, 0.3) is 0 Å². The molecule has 0 radical (unpaired) electrons. The largest absolute Gasteiger partial charge is 0.462 e. The molecule has 1 amide bonds. The third-order valence-electron chi connectivity index (χ3n) is 5.01. The SMILES string of the molecule is O=C(Nc1ccc(-c2cscn2)cc1)[C@@H]1CCCN(Cc2ccc(CO)o2)C1. The maximum Gasteiger partial charge on any atom is 0.228 e. The highest BCUT2D eigenvalue weighted by Gasteiger charge is 2.26. The van der Waals surface area contributed by atoms with E-state index in [-0.39, 0.29) is 18.4 Å². The molecule has 6 nitrogen and oxygen atoms in total. The van der Waals surface area contributed by atoms with Gasteiger partial charge in [0.1, 0.15) is 18.1 Å². The van der Waals surface area contributed by atoms with Crippen molar-refractivity contribution in [2.75, 3.05) is 18.4 Å². The molecule has 1 aliphatic heterocycles. The molecule has 1 fully saturated rings. The molecular weight excluding hydrogens is 374 g/mol. The van der Waals surface area contributed by atoms with Gasteiger partial charge in [-0.05, 0) is 43.7 Å². The first kappa shape index (κ1) is 18.9. The average molecular weight is 398 g/mol. The minimum absolute atomic E-state index is 0.0424. The summed E-state index contributed by atoms with van der Waals surface area (Å²) in [6.07, 6.45) is 1.87. The van der Waals surface area contributed by atoms with Crippen molar-refractivity contribution in [3.05, 3.63) is 58.8 Å². The molecule has 0 saturated carbocycles. The second kappa shape index (κ2) is 8.68. The van der Waals surface area contributed by atoms with E-state index in [9.17, 15) is 4.79 Å². The second-order valence-electron chi connectivity index (χ2n) is 7.04. The van der Waals surface area contributed by atoms with Crippen molar-refractivity contribution in [3.63, 3.8) is 0 Å². The zero-order chi connectivity index (χ0) is 19.3. The van der Waals surface area contributed by atoms with Crippen LogP contribution in [0.1, 0.15) is 24.4 Å². The zero-order valence-electron chi connectivity index (χ0n) is 15.5. The van der Waals surface area contributed by atoms with Crippen LogP contribution in [-0.2, 0) is 17.9 Å². The van der Waals surface area contributed by atoms with E-state index in [0.717, 1.165) is 42.1 Å². The number of carbonyl (C=O) groups is 1. The normalized spacial score (nSPS) is 17.5. The Morgan fingerprint density at radius 2 is 2.07 bits per heavy atom. The quantitative estimate of drug-likeness (QED) is 0.662. The lowest BCUT2D eigenvalue weighted by Gasteiger charge is -2.31. The predicted octanol–water partition coefficient (Wildman–Crippen LogP) is 3.75. The number of benzene rings is 1. The summed E-state index contributed by atoms with van der Waals surface area (Å²) in [6.45, 7) is 2.22. The molecule has 0 bridgehead atoms. The zero-order valence-corrected chi connectivity index (χ0v) is 16.3. The van der Waals surface area contributed by atoms with E-state index in [1.54, 1.807) is 17.4 Å². The number of amides is 1. The second-order valence-corrected chi connectivity index (χ2v) is 7.76. The maximum atomic E-state index is 12.7. The number of rotatable bonds is 6. The van der Waals surface area contributed by atoms with Crippen LogP contribution >= 0.6 is 11.3 Å². The molecule has 3 heterocycles. The van der Waals surface area contributed by atoms with Crippen LogP contribution in [0.5, 0.6) is 0 Å². The van der Waals surface area contributed by atoms with Gasteiger partial charge in [-0.2, -0.15) is 0 Å². The van der Waals surface area contributed by atoms with Gasteiger partial charge in [-0.3, -0.25) is 9.69 Å². The summed E-state index contributed by atoms with van der Waals surface area (Å²) in [5.41, 5.74) is 4.62. The Kier molecular flexibility index (Phi) is 5.85. The standard InChI is InChI=1S/C21H23N3O3S/c25-12-19-8-7-18(27-19)11-24-9-1-2-16(10-24)21(26)23-17-5-3-15(4-6-17)20-13-28-14-22-20/h3-8,13-14,16,25H,1-2,9-12H2,(H,23,26)/t16-/m1/s1. The smallest absolute Gasteiger partial charge is 0.228 e. The first-order valence-corrected chi connectivity index (χ1v) is 10.4. The Morgan fingerprint density at radius 3 is 2.79 bits per heavy atom. The van der Waals surface area contributed by atoms with Crippen LogP contribution in [0, 0.1) is 5.92 Å². The number of carbonyl (C=O) groups excluding carboxylic acids is 1. The van der Waals surface area contributed by atoms with Gasteiger partial charge in [0, 0.05) is 23.2 Å². The molecule has 0 spiro atoms. The molecule has 2 N–H and O–H groups in total. The van der Waals surface area contributed by atoms with Crippen molar-refractivity contribution >= 4 is 22.9 Å². The van der Waals surface area contributed by atoms with Gasteiger partial charge in [0.15, 0.2) is 0 Å². The predicted molar refractivity (Wildman–Crippen MR) is 109 cm³/mol. The summed E-state index contributed by atoms with van der Waals surface area (Å²) in [5, 5.41) is 14.2. The van der Waals surface area contributed by atoms with E-state index in [1.165, 1.54) is 0 Å². The van der Waals surface area contributed by atoms with Gasteiger partial charge in [-0.25, -0.2) is 4.98 Å². The van der Waals surface area contributed by atoms with Crippen molar-refractivity contribution in [1.29, 1.82) is 0 Å².